The summed E-state index contributed by atoms with van der Waals surface area (Å²) in [7, 11) is 2.08. The maximum Gasteiger partial charge on any atom is 0.323 e. The van der Waals surface area contributed by atoms with E-state index in [1.165, 1.54) is 0 Å². The lowest BCUT2D eigenvalue weighted by Gasteiger charge is -2.37. The van der Waals surface area contributed by atoms with E-state index in [2.05, 4.69) is 45.0 Å². The summed E-state index contributed by atoms with van der Waals surface area (Å²) < 4.78 is 0. The van der Waals surface area contributed by atoms with Crippen LogP contribution in [0.15, 0.2) is 0 Å². The maximum absolute atomic E-state index is 11.5. The van der Waals surface area contributed by atoms with Crippen LogP contribution in [0.1, 0.15) is 53.9 Å². The lowest BCUT2D eigenvalue weighted by molar-refractivity contribution is -0.144. The average Bonchev–Trinajstić information content (AvgIpc) is 3.07. The molecule has 0 heterocycles. The van der Waals surface area contributed by atoms with Crippen molar-refractivity contribution in [2.75, 3.05) is 13.6 Å². The van der Waals surface area contributed by atoms with Crippen LogP contribution in [0.3, 0.4) is 0 Å². The maximum atomic E-state index is 11.5. The van der Waals surface area contributed by atoms with E-state index in [9.17, 15) is 9.90 Å². The van der Waals surface area contributed by atoms with Crippen LogP contribution in [0, 0.1) is 5.41 Å². The van der Waals surface area contributed by atoms with Crippen LogP contribution >= 0.6 is 0 Å². The van der Waals surface area contributed by atoms with E-state index < -0.39 is 11.5 Å². The van der Waals surface area contributed by atoms with Crippen molar-refractivity contribution in [3.05, 3.63) is 0 Å². The minimum Gasteiger partial charge on any atom is -0.480 e. The SMILES string of the molecule is CC(N(C)CCC(C)(NC1CC1)C(=O)O)C(C)(C)C. The van der Waals surface area contributed by atoms with E-state index in [4.69, 9.17) is 0 Å². The number of carboxylic acids is 1. The molecule has 0 bridgehead atoms. The second-order valence-electron chi connectivity index (χ2n) is 7.33. The Morgan fingerprint density at radius 3 is 2.26 bits per heavy atom. The Bertz CT molecular complexity index is 321. The Hall–Kier alpha value is -0.610. The molecule has 112 valence electrons. The standard InChI is InChI=1S/C15H30N2O2/c1-11(14(2,3)4)17(6)10-9-15(5,13(18)19)16-12-7-8-12/h11-12,16H,7-10H2,1-6H3,(H,18,19). The number of nitrogens with zero attached hydrogens (tertiary/aromatic N) is 1. The molecular weight excluding hydrogens is 240 g/mol. The second kappa shape index (κ2) is 5.80. The first-order valence-corrected chi connectivity index (χ1v) is 7.27. The van der Waals surface area contributed by atoms with Gasteiger partial charge >= 0.3 is 5.97 Å². The Kier molecular flexibility index (Phi) is 5.02. The highest BCUT2D eigenvalue weighted by Gasteiger charge is 2.38. The van der Waals surface area contributed by atoms with Gasteiger partial charge in [0, 0.05) is 18.6 Å². The molecule has 0 aliphatic heterocycles. The summed E-state index contributed by atoms with van der Waals surface area (Å²) in [6.07, 6.45) is 2.85. The number of carbonyl (C=O) groups is 1. The van der Waals surface area contributed by atoms with Crippen molar-refractivity contribution in [3.63, 3.8) is 0 Å². The van der Waals surface area contributed by atoms with Gasteiger partial charge in [-0.1, -0.05) is 20.8 Å². The van der Waals surface area contributed by atoms with Crippen molar-refractivity contribution in [2.45, 2.75) is 71.5 Å². The van der Waals surface area contributed by atoms with Crippen molar-refractivity contribution in [1.82, 2.24) is 10.2 Å². The largest absolute Gasteiger partial charge is 0.480 e. The van der Waals surface area contributed by atoms with Crippen molar-refractivity contribution in [3.8, 4) is 0 Å². The third kappa shape index (κ3) is 4.77. The van der Waals surface area contributed by atoms with E-state index in [0.29, 0.717) is 18.5 Å². The molecule has 0 amide bonds. The molecule has 4 nitrogen and oxygen atoms in total. The summed E-state index contributed by atoms with van der Waals surface area (Å²) in [6, 6.07) is 0.831. The number of nitrogens with one attached hydrogen (secondary N) is 1. The van der Waals surface area contributed by atoms with Crippen molar-refractivity contribution in [1.29, 1.82) is 0 Å². The molecule has 2 N–H and O–H groups in total. The number of aliphatic carboxylic acids is 1. The summed E-state index contributed by atoms with van der Waals surface area (Å²) in [5.41, 5.74) is -0.592. The van der Waals surface area contributed by atoms with Gasteiger partial charge in [0.1, 0.15) is 5.54 Å². The first-order chi connectivity index (χ1) is 8.56. The smallest absolute Gasteiger partial charge is 0.323 e. The molecule has 1 aliphatic rings. The number of hydrogen-bond donors (Lipinski definition) is 2. The highest BCUT2D eigenvalue weighted by Crippen LogP contribution is 2.26. The van der Waals surface area contributed by atoms with E-state index in [0.717, 1.165) is 19.4 Å². The third-order valence-corrected chi connectivity index (χ3v) is 4.45. The minimum absolute atomic E-state index is 0.207. The van der Waals surface area contributed by atoms with Gasteiger partial charge in [0.15, 0.2) is 0 Å². The van der Waals surface area contributed by atoms with Crippen LogP contribution in [0.25, 0.3) is 0 Å². The van der Waals surface area contributed by atoms with Gasteiger partial charge in [-0.25, -0.2) is 0 Å². The minimum atomic E-state index is -0.799. The fourth-order valence-electron chi connectivity index (χ4n) is 2.17. The Morgan fingerprint density at radius 2 is 1.89 bits per heavy atom. The van der Waals surface area contributed by atoms with Gasteiger partial charge in [-0.15, -0.1) is 0 Å². The van der Waals surface area contributed by atoms with Crippen LogP contribution in [-0.4, -0.2) is 47.2 Å². The van der Waals surface area contributed by atoms with Crippen LogP contribution < -0.4 is 5.32 Å². The van der Waals surface area contributed by atoms with Crippen LogP contribution in [0.4, 0.5) is 0 Å². The molecule has 2 atom stereocenters. The molecule has 0 aromatic heterocycles. The molecule has 1 rings (SSSR count). The number of hydrogen-bond acceptors (Lipinski definition) is 3. The van der Waals surface area contributed by atoms with Gasteiger partial charge in [0.25, 0.3) is 0 Å². The molecule has 4 heteroatoms. The number of carboxylic acid groups (broad SMARTS) is 1. The molecule has 1 saturated carbocycles. The fourth-order valence-corrected chi connectivity index (χ4v) is 2.17. The highest BCUT2D eigenvalue weighted by atomic mass is 16.4. The molecule has 2 unspecified atom stereocenters. The van der Waals surface area contributed by atoms with Crippen molar-refractivity contribution >= 4 is 5.97 Å². The third-order valence-electron chi connectivity index (χ3n) is 4.45. The Morgan fingerprint density at radius 1 is 1.37 bits per heavy atom. The summed E-state index contributed by atoms with van der Waals surface area (Å²) in [5, 5.41) is 12.7. The second-order valence-corrected chi connectivity index (χ2v) is 7.33. The average molecular weight is 270 g/mol. The molecule has 0 aromatic rings. The summed E-state index contributed by atoms with van der Waals surface area (Å²) in [5.74, 6) is -0.740. The van der Waals surface area contributed by atoms with Gasteiger partial charge < -0.3 is 10.0 Å². The Labute approximate surface area is 117 Å². The molecule has 1 aliphatic carbocycles. The monoisotopic (exact) mass is 270 g/mol. The summed E-state index contributed by atoms with van der Waals surface area (Å²) >= 11 is 0. The van der Waals surface area contributed by atoms with Crippen LogP contribution in [-0.2, 0) is 4.79 Å². The van der Waals surface area contributed by atoms with E-state index >= 15 is 0 Å². The lowest BCUT2D eigenvalue weighted by Crippen LogP contribution is -2.53. The van der Waals surface area contributed by atoms with E-state index in [1.54, 1.807) is 0 Å². The quantitative estimate of drug-likeness (QED) is 0.745. The first-order valence-electron chi connectivity index (χ1n) is 7.27. The topological polar surface area (TPSA) is 52.6 Å². The first kappa shape index (κ1) is 16.4. The molecule has 0 aromatic carbocycles. The predicted molar refractivity (Wildman–Crippen MR) is 78.4 cm³/mol. The van der Waals surface area contributed by atoms with Gasteiger partial charge in [-0.2, -0.15) is 0 Å². The van der Waals surface area contributed by atoms with Gasteiger partial charge in [-0.3, -0.25) is 10.1 Å². The summed E-state index contributed by atoms with van der Waals surface area (Å²) in [6.45, 7) is 11.4. The van der Waals surface area contributed by atoms with Crippen LogP contribution in [0.2, 0.25) is 0 Å². The van der Waals surface area contributed by atoms with E-state index in [-0.39, 0.29) is 5.41 Å². The zero-order valence-corrected chi connectivity index (χ0v) is 13.3. The zero-order valence-electron chi connectivity index (χ0n) is 13.3. The molecule has 0 saturated heterocycles. The number of rotatable bonds is 7. The fraction of sp³-hybridized carbons (Fsp3) is 0.933. The molecular formula is C15H30N2O2. The normalized spacial score (nSPS) is 21.2. The summed E-state index contributed by atoms with van der Waals surface area (Å²) in [4.78, 5) is 13.7. The molecule has 19 heavy (non-hydrogen) atoms. The van der Waals surface area contributed by atoms with Crippen LogP contribution in [0.5, 0.6) is 0 Å². The van der Waals surface area contributed by atoms with Gasteiger partial charge in [0.2, 0.25) is 0 Å². The zero-order chi connectivity index (χ0) is 14.8. The predicted octanol–water partition coefficient (Wildman–Crippen LogP) is 2.34. The van der Waals surface area contributed by atoms with Crippen molar-refractivity contribution in [2.24, 2.45) is 5.41 Å². The lowest BCUT2D eigenvalue weighted by atomic mass is 9.86. The van der Waals surface area contributed by atoms with Crippen molar-refractivity contribution < 1.29 is 9.90 Å². The van der Waals surface area contributed by atoms with E-state index in [1.807, 2.05) is 6.92 Å². The van der Waals surface area contributed by atoms with Gasteiger partial charge in [0.05, 0.1) is 0 Å². The highest BCUT2D eigenvalue weighted by molar-refractivity contribution is 5.78. The molecule has 1 fully saturated rings. The van der Waals surface area contributed by atoms with Gasteiger partial charge in [-0.05, 0) is 45.6 Å². The Balaban J connectivity index is 2.54. The molecule has 0 radical (unpaired) electrons. The molecule has 0 spiro atoms.